The Morgan fingerprint density at radius 3 is 2.72 bits per heavy atom. The van der Waals surface area contributed by atoms with E-state index in [1.807, 2.05) is 61.2 Å². The van der Waals surface area contributed by atoms with Crippen LogP contribution in [0.3, 0.4) is 0 Å². The molecule has 0 fully saturated rings. The maximum absolute atomic E-state index is 4.59. The van der Waals surface area contributed by atoms with E-state index in [9.17, 15) is 0 Å². The van der Waals surface area contributed by atoms with E-state index in [4.69, 9.17) is 0 Å². The number of hydrogen-bond acceptors (Lipinski definition) is 2. The molecule has 18 heavy (non-hydrogen) atoms. The highest BCUT2D eigenvalue weighted by Crippen LogP contribution is 2.15. The van der Waals surface area contributed by atoms with Crippen molar-refractivity contribution in [3.63, 3.8) is 0 Å². The van der Waals surface area contributed by atoms with Crippen LogP contribution in [0.15, 0.2) is 42.6 Å². The second-order valence-corrected chi connectivity index (χ2v) is 3.99. The van der Waals surface area contributed by atoms with Gasteiger partial charge >= 0.3 is 0 Å². The predicted octanol–water partition coefficient (Wildman–Crippen LogP) is 2.55. The maximum Gasteiger partial charge on any atom is 0.0808 e. The Kier molecular flexibility index (Phi) is 4.16. The van der Waals surface area contributed by atoms with E-state index >= 15 is 0 Å². The zero-order valence-corrected chi connectivity index (χ0v) is 10.7. The van der Waals surface area contributed by atoms with E-state index in [0.717, 1.165) is 17.8 Å². The molecule has 2 rings (SSSR count). The van der Waals surface area contributed by atoms with Gasteiger partial charge in [0, 0.05) is 12.6 Å². The highest BCUT2D eigenvalue weighted by Gasteiger charge is 2.11. The van der Waals surface area contributed by atoms with Gasteiger partial charge in [-0.15, -0.1) is 11.8 Å². The van der Waals surface area contributed by atoms with E-state index in [2.05, 4.69) is 22.3 Å². The Balaban J connectivity index is 2.21. The van der Waals surface area contributed by atoms with Crippen molar-refractivity contribution < 1.29 is 0 Å². The van der Waals surface area contributed by atoms with Gasteiger partial charge in [0.15, 0.2) is 0 Å². The van der Waals surface area contributed by atoms with Gasteiger partial charge in [-0.2, -0.15) is 5.10 Å². The standard InChI is InChI=1S/C15H17N3/c1-3-4-10-14(16-2)15-11-12-18(17-15)13-8-6-5-7-9-13/h5-9,11-12,14,16H,10H2,1-2H3. The lowest BCUT2D eigenvalue weighted by atomic mass is 10.1. The molecule has 92 valence electrons. The molecule has 0 aliphatic carbocycles. The molecule has 1 aromatic carbocycles. The van der Waals surface area contributed by atoms with Crippen LogP contribution in [0.1, 0.15) is 25.1 Å². The Bertz CT molecular complexity index is 546. The Labute approximate surface area is 108 Å². The average molecular weight is 239 g/mol. The van der Waals surface area contributed by atoms with Gasteiger partial charge in [0.25, 0.3) is 0 Å². The van der Waals surface area contributed by atoms with Gasteiger partial charge in [-0.25, -0.2) is 4.68 Å². The number of nitrogens with one attached hydrogen (secondary N) is 1. The van der Waals surface area contributed by atoms with Crippen LogP contribution in [0, 0.1) is 11.8 Å². The highest BCUT2D eigenvalue weighted by atomic mass is 15.3. The van der Waals surface area contributed by atoms with Gasteiger partial charge in [0.05, 0.1) is 17.4 Å². The number of nitrogens with zero attached hydrogens (tertiary/aromatic N) is 2. The summed E-state index contributed by atoms with van der Waals surface area (Å²) in [6.07, 6.45) is 2.76. The molecule has 2 aromatic rings. The first-order valence-electron chi connectivity index (χ1n) is 6.03. The third-order valence-electron chi connectivity index (χ3n) is 2.82. The predicted molar refractivity (Wildman–Crippen MR) is 73.4 cm³/mol. The molecule has 1 N–H and O–H groups in total. The van der Waals surface area contributed by atoms with Crippen LogP contribution in [0.5, 0.6) is 0 Å². The van der Waals surface area contributed by atoms with Crippen molar-refractivity contribution in [1.29, 1.82) is 0 Å². The fourth-order valence-corrected chi connectivity index (χ4v) is 1.81. The van der Waals surface area contributed by atoms with E-state index in [1.165, 1.54) is 0 Å². The molecule has 0 aliphatic rings. The van der Waals surface area contributed by atoms with Crippen LogP contribution in [0.4, 0.5) is 0 Å². The first-order chi connectivity index (χ1) is 8.85. The number of benzene rings is 1. The molecular weight excluding hydrogens is 222 g/mol. The highest BCUT2D eigenvalue weighted by molar-refractivity contribution is 5.30. The molecule has 0 saturated carbocycles. The van der Waals surface area contributed by atoms with Crippen LogP contribution < -0.4 is 5.32 Å². The first-order valence-corrected chi connectivity index (χ1v) is 6.03. The first kappa shape index (κ1) is 12.4. The zero-order valence-electron chi connectivity index (χ0n) is 10.7. The molecule has 1 unspecified atom stereocenters. The Hall–Kier alpha value is -2.05. The Morgan fingerprint density at radius 2 is 2.06 bits per heavy atom. The molecule has 3 heteroatoms. The second-order valence-electron chi connectivity index (χ2n) is 3.99. The summed E-state index contributed by atoms with van der Waals surface area (Å²) >= 11 is 0. The summed E-state index contributed by atoms with van der Waals surface area (Å²) in [5.74, 6) is 6.00. The minimum Gasteiger partial charge on any atom is -0.311 e. The molecule has 3 nitrogen and oxygen atoms in total. The van der Waals surface area contributed by atoms with Crippen LogP contribution in [0.25, 0.3) is 5.69 Å². The summed E-state index contributed by atoms with van der Waals surface area (Å²) in [5.41, 5.74) is 2.09. The molecule has 1 atom stereocenters. The molecule has 0 spiro atoms. The third-order valence-corrected chi connectivity index (χ3v) is 2.82. The van der Waals surface area contributed by atoms with Gasteiger partial charge in [0.2, 0.25) is 0 Å². The molecule has 0 amide bonds. The largest absolute Gasteiger partial charge is 0.311 e. The van der Waals surface area contributed by atoms with Crippen LogP contribution in [0.2, 0.25) is 0 Å². The van der Waals surface area contributed by atoms with Crippen LogP contribution in [-0.4, -0.2) is 16.8 Å². The number of hydrogen-bond donors (Lipinski definition) is 1. The molecular formula is C15H17N3. The third kappa shape index (κ3) is 2.79. The maximum atomic E-state index is 4.59. The summed E-state index contributed by atoms with van der Waals surface area (Å²) in [6.45, 7) is 1.86. The second kappa shape index (κ2) is 6.04. The van der Waals surface area contributed by atoms with Crippen molar-refractivity contribution in [3.05, 3.63) is 48.3 Å². The van der Waals surface area contributed by atoms with E-state index in [-0.39, 0.29) is 6.04 Å². The fraction of sp³-hybridized carbons (Fsp3) is 0.267. The molecule has 0 saturated heterocycles. The smallest absolute Gasteiger partial charge is 0.0808 e. The SMILES string of the molecule is CC#CCC(NC)c1ccn(-c2ccccc2)n1. The van der Waals surface area contributed by atoms with Crippen molar-refractivity contribution in [2.75, 3.05) is 7.05 Å². The summed E-state index contributed by atoms with van der Waals surface area (Å²) in [6, 6.07) is 12.3. The van der Waals surface area contributed by atoms with Crippen molar-refractivity contribution in [2.24, 2.45) is 0 Å². The summed E-state index contributed by atoms with van der Waals surface area (Å²) in [5, 5.41) is 7.83. The van der Waals surface area contributed by atoms with Gasteiger partial charge in [0.1, 0.15) is 0 Å². The topological polar surface area (TPSA) is 29.9 Å². The Morgan fingerprint density at radius 1 is 1.28 bits per heavy atom. The summed E-state index contributed by atoms with van der Waals surface area (Å²) < 4.78 is 1.89. The van der Waals surface area contributed by atoms with Crippen molar-refractivity contribution in [3.8, 4) is 17.5 Å². The van der Waals surface area contributed by atoms with Gasteiger partial charge < -0.3 is 5.32 Å². The lowest BCUT2D eigenvalue weighted by Gasteiger charge is -2.09. The molecule has 0 bridgehead atoms. The number of para-hydroxylation sites is 1. The van der Waals surface area contributed by atoms with Crippen molar-refractivity contribution in [2.45, 2.75) is 19.4 Å². The lowest BCUT2D eigenvalue weighted by molar-refractivity contribution is 0.586. The van der Waals surface area contributed by atoms with E-state index in [0.29, 0.717) is 0 Å². The minimum absolute atomic E-state index is 0.183. The van der Waals surface area contributed by atoms with E-state index < -0.39 is 0 Å². The number of rotatable bonds is 4. The van der Waals surface area contributed by atoms with Gasteiger partial charge in [-0.3, -0.25) is 0 Å². The van der Waals surface area contributed by atoms with Crippen molar-refractivity contribution in [1.82, 2.24) is 15.1 Å². The van der Waals surface area contributed by atoms with Gasteiger partial charge in [-0.05, 0) is 32.2 Å². The molecule has 1 heterocycles. The molecule has 1 aromatic heterocycles. The normalized spacial score (nSPS) is 11.7. The molecule has 0 aliphatic heterocycles. The number of aromatic nitrogens is 2. The van der Waals surface area contributed by atoms with E-state index in [1.54, 1.807) is 0 Å². The quantitative estimate of drug-likeness (QED) is 0.831. The van der Waals surface area contributed by atoms with Crippen LogP contribution >= 0.6 is 0 Å². The zero-order chi connectivity index (χ0) is 12.8. The minimum atomic E-state index is 0.183. The lowest BCUT2D eigenvalue weighted by Crippen LogP contribution is -2.16. The monoisotopic (exact) mass is 239 g/mol. The van der Waals surface area contributed by atoms with Crippen LogP contribution in [-0.2, 0) is 0 Å². The summed E-state index contributed by atoms with van der Waals surface area (Å²) in [4.78, 5) is 0. The summed E-state index contributed by atoms with van der Waals surface area (Å²) in [7, 11) is 1.93. The molecule has 0 radical (unpaired) electrons. The average Bonchev–Trinajstić information content (AvgIpc) is 2.90. The van der Waals surface area contributed by atoms with Crippen molar-refractivity contribution >= 4 is 0 Å². The fourth-order valence-electron chi connectivity index (χ4n) is 1.81. The van der Waals surface area contributed by atoms with Gasteiger partial charge in [-0.1, -0.05) is 18.2 Å².